The first kappa shape index (κ1) is 12.0. The number of benzene rings is 1. The van der Waals surface area contributed by atoms with Gasteiger partial charge in [-0.2, -0.15) is 0 Å². The van der Waals surface area contributed by atoms with E-state index in [0.717, 1.165) is 30.6 Å². The molecule has 1 atom stereocenters. The number of ketones is 1. The molecule has 20 heavy (non-hydrogen) atoms. The molecule has 4 heteroatoms. The fourth-order valence-corrected chi connectivity index (χ4v) is 4.00. The third-order valence-corrected chi connectivity index (χ3v) is 5.02. The SMILES string of the molecule is O=C(c1ccc2c(c1)OCO2)C1CCCc2sccc21. The normalized spacial score (nSPS) is 19.7. The summed E-state index contributed by atoms with van der Waals surface area (Å²) in [6.45, 7) is 0.241. The number of carbonyl (C=O) groups is 1. The second-order valence-electron chi connectivity index (χ2n) is 5.18. The van der Waals surface area contributed by atoms with Gasteiger partial charge in [-0.05, 0) is 54.5 Å². The van der Waals surface area contributed by atoms with Crippen molar-refractivity contribution in [1.82, 2.24) is 0 Å². The van der Waals surface area contributed by atoms with Crippen molar-refractivity contribution >= 4 is 17.1 Å². The van der Waals surface area contributed by atoms with Crippen LogP contribution in [0, 0.1) is 0 Å². The molecule has 2 aromatic rings. The molecule has 1 aromatic heterocycles. The first-order chi connectivity index (χ1) is 9.83. The predicted octanol–water partition coefficient (Wildman–Crippen LogP) is 3.78. The van der Waals surface area contributed by atoms with Crippen LogP contribution < -0.4 is 9.47 Å². The van der Waals surface area contributed by atoms with Crippen molar-refractivity contribution in [2.75, 3.05) is 6.79 Å². The fraction of sp³-hybridized carbons (Fsp3) is 0.312. The van der Waals surface area contributed by atoms with Crippen molar-refractivity contribution in [1.29, 1.82) is 0 Å². The third kappa shape index (κ3) is 1.83. The molecule has 2 heterocycles. The van der Waals surface area contributed by atoms with Crippen molar-refractivity contribution < 1.29 is 14.3 Å². The van der Waals surface area contributed by atoms with E-state index in [2.05, 4.69) is 11.4 Å². The van der Waals surface area contributed by atoms with E-state index in [4.69, 9.17) is 9.47 Å². The molecule has 0 bridgehead atoms. The van der Waals surface area contributed by atoms with Crippen LogP contribution in [0.15, 0.2) is 29.6 Å². The maximum absolute atomic E-state index is 12.8. The standard InChI is InChI=1S/C16H14O3S/c17-16(10-4-5-13-14(8-10)19-9-18-13)12-2-1-3-15-11(12)6-7-20-15/h4-8,12H,1-3,9H2. The first-order valence-electron chi connectivity index (χ1n) is 6.83. The van der Waals surface area contributed by atoms with E-state index in [-0.39, 0.29) is 18.5 Å². The summed E-state index contributed by atoms with van der Waals surface area (Å²) in [5, 5.41) is 2.09. The van der Waals surface area contributed by atoms with Gasteiger partial charge in [-0.3, -0.25) is 4.79 Å². The molecule has 0 amide bonds. The molecule has 0 saturated heterocycles. The summed E-state index contributed by atoms with van der Waals surface area (Å²) < 4.78 is 10.6. The molecule has 0 radical (unpaired) electrons. The Kier molecular flexibility index (Phi) is 2.77. The van der Waals surface area contributed by atoms with Gasteiger partial charge in [0.2, 0.25) is 6.79 Å². The molecule has 1 aromatic carbocycles. The Morgan fingerprint density at radius 1 is 1.20 bits per heavy atom. The van der Waals surface area contributed by atoms with Gasteiger partial charge in [-0.1, -0.05) is 0 Å². The van der Waals surface area contributed by atoms with Gasteiger partial charge in [-0.15, -0.1) is 11.3 Å². The van der Waals surface area contributed by atoms with Gasteiger partial charge in [0.05, 0.1) is 0 Å². The van der Waals surface area contributed by atoms with E-state index in [1.54, 1.807) is 11.3 Å². The maximum atomic E-state index is 12.8. The smallest absolute Gasteiger partial charge is 0.231 e. The van der Waals surface area contributed by atoms with Crippen LogP contribution in [0.3, 0.4) is 0 Å². The van der Waals surface area contributed by atoms with Gasteiger partial charge in [0.1, 0.15) is 0 Å². The zero-order valence-electron chi connectivity index (χ0n) is 10.9. The van der Waals surface area contributed by atoms with Crippen LogP contribution >= 0.6 is 11.3 Å². The number of hydrogen-bond donors (Lipinski definition) is 0. The minimum absolute atomic E-state index is 0.00497. The molecule has 3 nitrogen and oxygen atoms in total. The van der Waals surface area contributed by atoms with Crippen LogP contribution in [-0.2, 0) is 6.42 Å². The first-order valence-corrected chi connectivity index (χ1v) is 7.71. The molecule has 102 valence electrons. The van der Waals surface area contributed by atoms with E-state index in [1.165, 1.54) is 10.4 Å². The maximum Gasteiger partial charge on any atom is 0.231 e. The number of thiophene rings is 1. The Bertz CT molecular complexity index is 674. The largest absolute Gasteiger partial charge is 0.454 e. The van der Waals surface area contributed by atoms with E-state index >= 15 is 0 Å². The monoisotopic (exact) mass is 286 g/mol. The van der Waals surface area contributed by atoms with Crippen molar-refractivity contribution in [3.8, 4) is 11.5 Å². The summed E-state index contributed by atoms with van der Waals surface area (Å²) in [6.07, 6.45) is 3.14. The van der Waals surface area contributed by atoms with Crippen LogP contribution in [0.25, 0.3) is 0 Å². The number of rotatable bonds is 2. The molecule has 2 aliphatic rings. The second-order valence-corrected chi connectivity index (χ2v) is 6.18. The Hall–Kier alpha value is -1.81. The zero-order chi connectivity index (χ0) is 13.5. The summed E-state index contributed by atoms with van der Waals surface area (Å²) in [7, 11) is 0. The third-order valence-electron chi connectivity index (χ3n) is 4.03. The van der Waals surface area contributed by atoms with Crippen LogP contribution in [0.2, 0.25) is 0 Å². The van der Waals surface area contributed by atoms with Crippen molar-refractivity contribution in [3.63, 3.8) is 0 Å². The van der Waals surface area contributed by atoms with E-state index in [0.29, 0.717) is 5.75 Å². The molecule has 1 aliphatic carbocycles. The minimum Gasteiger partial charge on any atom is -0.454 e. The van der Waals surface area contributed by atoms with Gasteiger partial charge in [0.15, 0.2) is 17.3 Å². The molecular weight excluding hydrogens is 272 g/mol. The highest BCUT2D eigenvalue weighted by atomic mass is 32.1. The van der Waals surface area contributed by atoms with Crippen molar-refractivity contribution in [2.24, 2.45) is 0 Å². The van der Waals surface area contributed by atoms with Gasteiger partial charge < -0.3 is 9.47 Å². The van der Waals surface area contributed by atoms with Crippen LogP contribution in [0.5, 0.6) is 11.5 Å². The Balaban J connectivity index is 1.69. The summed E-state index contributed by atoms with van der Waals surface area (Å²) >= 11 is 1.76. The lowest BCUT2D eigenvalue weighted by atomic mass is 9.82. The predicted molar refractivity (Wildman–Crippen MR) is 76.9 cm³/mol. The van der Waals surface area contributed by atoms with Crippen LogP contribution in [0.4, 0.5) is 0 Å². The summed E-state index contributed by atoms with van der Waals surface area (Å²) in [6, 6.07) is 7.59. The lowest BCUT2D eigenvalue weighted by molar-refractivity contribution is 0.0951. The Morgan fingerprint density at radius 3 is 3.05 bits per heavy atom. The second kappa shape index (κ2) is 4.63. The van der Waals surface area contributed by atoms with Crippen LogP contribution in [-0.4, -0.2) is 12.6 Å². The van der Waals surface area contributed by atoms with Crippen molar-refractivity contribution in [3.05, 3.63) is 45.6 Å². The number of hydrogen-bond acceptors (Lipinski definition) is 4. The van der Waals surface area contributed by atoms with Crippen molar-refractivity contribution in [2.45, 2.75) is 25.2 Å². The molecule has 1 unspecified atom stereocenters. The molecule has 0 saturated carbocycles. The molecule has 0 fully saturated rings. The average Bonchev–Trinajstić information content (AvgIpc) is 3.13. The summed E-state index contributed by atoms with van der Waals surface area (Å²) in [4.78, 5) is 14.1. The highest BCUT2D eigenvalue weighted by molar-refractivity contribution is 7.10. The van der Waals surface area contributed by atoms with Gasteiger partial charge in [-0.25, -0.2) is 0 Å². The van der Waals surface area contributed by atoms with Gasteiger partial charge in [0, 0.05) is 16.4 Å². The molecular formula is C16H14O3S. The number of carbonyl (C=O) groups excluding carboxylic acids is 1. The number of aryl methyl sites for hydroxylation is 1. The fourth-order valence-electron chi connectivity index (χ4n) is 3.01. The highest BCUT2D eigenvalue weighted by Gasteiger charge is 2.29. The zero-order valence-corrected chi connectivity index (χ0v) is 11.7. The van der Waals surface area contributed by atoms with Crippen LogP contribution in [0.1, 0.15) is 39.6 Å². The topological polar surface area (TPSA) is 35.5 Å². The highest BCUT2D eigenvalue weighted by Crippen LogP contribution is 2.39. The summed E-state index contributed by atoms with van der Waals surface area (Å²) in [5.41, 5.74) is 1.95. The van der Waals surface area contributed by atoms with E-state index in [1.807, 2.05) is 18.2 Å². The molecule has 0 N–H and O–H groups in total. The minimum atomic E-state index is 0.00497. The molecule has 4 rings (SSSR count). The van der Waals surface area contributed by atoms with Gasteiger partial charge in [0.25, 0.3) is 0 Å². The molecule has 0 spiro atoms. The number of ether oxygens (including phenoxy) is 2. The summed E-state index contributed by atoms with van der Waals surface area (Å²) in [5.74, 6) is 1.60. The average molecular weight is 286 g/mol. The lowest BCUT2D eigenvalue weighted by Gasteiger charge is -2.21. The number of fused-ring (bicyclic) bond motifs is 2. The van der Waals surface area contributed by atoms with E-state index < -0.39 is 0 Å². The van der Waals surface area contributed by atoms with E-state index in [9.17, 15) is 4.79 Å². The Morgan fingerprint density at radius 2 is 2.10 bits per heavy atom. The lowest BCUT2D eigenvalue weighted by Crippen LogP contribution is -2.17. The number of Topliss-reactive ketones (excluding diaryl/α,β-unsaturated/α-hetero) is 1. The Labute approximate surface area is 121 Å². The quantitative estimate of drug-likeness (QED) is 0.788. The van der Waals surface area contributed by atoms with Gasteiger partial charge >= 0.3 is 0 Å². The molecule has 1 aliphatic heterocycles.